The molecule has 1 aliphatic carbocycles. The Morgan fingerprint density at radius 2 is 1.97 bits per heavy atom. The summed E-state index contributed by atoms with van der Waals surface area (Å²) in [5.74, 6) is -0.651. The van der Waals surface area contributed by atoms with Gasteiger partial charge in [-0.2, -0.15) is 13.2 Å². The van der Waals surface area contributed by atoms with Crippen LogP contribution in [-0.4, -0.2) is 62.6 Å². The first-order valence-corrected chi connectivity index (χ1v) is 13.8. The minimum Gasteiger partial charge on any atom is -0.389 e. The number of carbonyl (C=O) groups excluding carboxylic acids is 2. The number of nitrogens with zero attached hydrogens (tertiary/aromatic N) is 3. The molecule has 0 spiro atoms. The number of halogens is 3. The van der Waals surface area contributed by atoms with Crippen LogP contribution in [0.5, 0.6) is 0 Å². The van der Waals surface area contributed by atoms with Crippen molar-refractivity contribution in [1.29, 1.82) is 0 Å². The zero-order chi connectivity index (χ0) is 27.8. The van der Waals surface area contributed by atoms with Crippen molar-refractivity contribution in [3.63, 3.8) is 0 Å². The first-order valence-electron chi connectivity index (χ1n) is 12.9. The second-order valence-corrected chi connectivity index (χ2v) is 11.8. The number of thiazole rings is 1. The van der Waals surface area contributed by atoms with E-state index in [-0.39, 0.29) is 45.6 Å². The largest absolute Gasteiger partial charge is 0.417 e. The van der Waals surface area contributed by atoms with Crippen molar-refractivity contribution in [3.05, 3.63) is 28.5 Å². The number of hydrogen-bond acceptors (Lipinski definition) is 7. The van der Waals surface area contributed by atoms with Gasteiger partial charge in [0.1, 0.15) is 11.5 Å². The number of rotatable bonds is 9. The van der Waals surface area contributed by atoms with Gasteiger partial charge in [-0.05, 0) is 64.9 Å². The van der Waals surface area contributed by atoms with E-state index >= 15 is 0 Å². The SMILES string of the molecule is CC[C@@H](Nc1cc(C(F)(F)F)c(-c2sc(C(=O)NCC(C)(C)O)nc2C(=O)N2CCCC2C)cn1)C1CC1. The van der Waals surface area contributed by atoms with Gasteiger partial charge in [-0.25, -0.2) is 9.97 Å². The number of carbonyl (C=O) groups is 2. The third-order valence-electron chi connectivity index (χ3n) is 6.94. The predicted octanol–water partition coefficient (Wildman–Crippen LogP) is 4.95. The highest BCUT2D eigenvalue weighted by molar-refractivity contribution is 7.17. The molecular formula is C26H34F3N5O3S. The van der Waals surface area contributed by atoms with Crippen LogP contribution in [0.1, 0.15) is 85.7 Å². The topological polar surface area (TPSA) is 107 Å². The van der Waals surface area contributed by atoms with Crippen molar-refractivity contribution in [2.75, 3.05) is 18.4 Å². The Kier molecular flexibility index (Phi) is 8.04. The Labute approximate surface area is 224 Å². The van der Waals surface area contributed by atoms with Crippen LogP contribution in [-0.2, 0) is 6.18 Å². The fraction of sp³-hybridized carbons (Fsp3) is 0.615. The monoisotopic (exact) mass is 553 g/mol. The molecule has 2 aromatic heterocycles. The van der Waals surface area contributed by atoms with Gasteiger partial charge in [-0.15, -0.1) is 11.3 Å². The molecule has 2 aromatic rings. The van der Waals surface area contributed by atoms with Crippen LogP contribution in [0.3, 0.4) is 0 Å². The molecular weight excluding hydrogens is 519 g/mol. The average Bonchev–Trinajstić information content (AvgIpc) is 3.44. The van der Waals surface area contributed by atoms with Crippen LogP contribution in [0.4, 0.5) is 19.0 Å². The second kappa shape index (κ2) is 10.8. The molecule has 2 atom stereocenters. The maximum absolute atomic E-state index is 14.3. The van der Waals surface area contributed by atoms with Crippen molar-refractivity contribution >= 4 is 29.0 Å². The van der Waals surface area contributed by atoms with E-state index in [4.69, 9.17) is 0 Å². The molecule has 1 unspecified atom stereocenters. The third-order valence-corrected chi connectivity index (χ3v) is 8.02. The van der Waals surface area contributed by atoms with Gasteiger partial charge in [-0.3, -0.25) is 9.59 Å². The van der Waals surface area contributed by atoms with Crippen molar-refractivity contribution in [3.8, 4) is 10.4 Å². The van der Waals surface area contributed by atoms with E-state index in [1.165, 1.54) is 13.8 Å². The van der Waals surface area contributed by atoms with E-state index in [2.05, 4.69) is 20.6 Å². The lowest BCUT2D eigenvalue weighted by Gasteiger charge is -2.22. The second-order valence-electron chi connectivity index (χ2n) is 10.8. The molecule has 0 bridgehead atoms. The van der Waals surface area contributed by atoms with Crippen molar-refractivity contribution in [2.24, 2.45) is 5.92 Å². The normalized spacial score (nSPS) is 18.9. The summed E-state index contributed by atoms with van der Waals surface area (Å²) < 4.78 is 43.0. The number of amides is 2. The number of hydrogen-bond donors (Lipinski definition) is 3. The minimum absolute atomic E-state index is 0.0395. The number of aromatic nitrogens is 2. The fourth-order valence-corrected chi connectivity index (χ4v) is 5.68. The Morgan fingerprint density at radius 1 is 1.26 bits per heavy atom. The van der Waals surface area contributed by atoms with Gasteiger partial charge < -0.3 is 20.6 Å². The van der Waals surface area contributed by atoms with Crippen molar-refractivity contribution in [2.45, 2.75) is 83.7 Å². The molecule has 1 saturated heterocycles. The predicted molar refractivity (Wildman–Crippen MR) is 139 cm³/mol. The zero-order valence-electron chi connectivity index (χ0n) is 22.0. The summed E-state index contributed by atoms with van der Waals surface area (Å²) in [5.41, 5.74) is -2.64. The van der Waals surface area contributed by atoms with Gasteiger partial charge >= 0.3 is 6.18 Å². The Balaban J connectivity index is 1.76. The fourth-order valence-electron chi connectivity index (χ4n) is 4.68. The zero-order valence-corrected chi connectivity index (χ0v) is 22.8. The highest BCUT2D eigenvalue weighted by Gasteiger charge is 2.39. The summed E-state index contributed by atoms with van der Waals surface area (Å²) in [6, 6.07) is 0.920. The van der Waals surface area contributed by atoms with Crippen LogP contribution in [0.2, 0.25) is 0 Å². The molecule has 4 rings (SSSR count). The van der Waals surface area contributed by atoms with Crippen molar-refractivity contribution < 1.29 is 27.9 Å². The lowest BCUT2D eigenvalue weighted by atomic mass is 10.1. The van der Waals surface area contributed by atoms with E-state index in [0.717, 1.165) is 44.4 Å². The Bertz CT molecular complexity index is 1190. The molecule has 0 radical (unpaired) electrons. The summed E-state index contributed by atoms with van der Waals surface area (Å²) in [6.07, 6.45) is 0.774. The molecule has 2 amide bonds. The van der Waals surface area contributed by atoms with Gasteiger partial charge in [-0.1, -0.05) is 6.92 Å². The van der Waals surface area contributed by atoms with Gasteiger partial charge in [0, 0.05) is 36.9 Å². The molecule has 1 saturated carbocycles. The van der Waals surface area contributed by atoms with Crippen LogP contribution < -0.4 is 10.6 Å². The third kappa shape index (κ3) is 6.45. The molecule has 2 aliphatic rings. The maximum Gasteiger partial charge on any atom is 0.417 e. The molecule has 38 heavy (non-hydrogen) atoms. The van der Waals surface area contributed by atoms with E-state index in [9.17, 15) is 27.9 Å². The average molecular weight is 554 g/mol. The van der Waals surface area contributed by atoms with E-state index < -0.39 is 29.2 Å². The quantitative estimate of drug-likeness (QED) is 0.406. The van der Waals surface area contributed by atoms with Gasteiger partial charge in [0.15, 0.2) is 5.01 Å². The number of anilines is 1. The number of pyridine rings is 1. The summed E-state index contributed by atoms with van der Waals surface area (Å²) in [4.78, 5) is 36.3. The lowest BCUT2D eigenvalue weighted by Crippen LogP contribution is -2.38. The maximum atomic E-state index is 14.3. The molecule has 208 valence electrons. The van der Waals surface area contributed by atoms with E-state index in [0.29, 0.717) is 23.8 Å². The highest BCUT2D eigenvalue weighted by atomic mass is 32.1. The van der Waals surface area contributed by atoms with Crippen LogP contribution >= 0.6 is 11.3 Å². The Morgan fingerprint density at radius 3 is 2.53 bits per heavy atom. The number of nitrogens with one attached hydrogen (secondary N) is 2. The molecule has 1 aliphatic heterocycles. The summed E-state index contributed by atoms with van der Waals surface area (Å²) in [6.45, 7) is 7.24. The van der Waals surface area contributed by atoms with Gasteiger partial charge in [0.05, 0.1) is 16.0 Å². The summed E-state index contributed by atoms with van der Waals surface area (Å²) in [7, 11) is 0. The highest BCUT2D eigenvalue weighted by Crippen LogP contribution is 2.42. The molecule has 12 heteroatoms. The first-order chi connectivity index (χ1) is 17.8. The number of aliphatic hydroxyl groups is 1. The molecule has 3 heterocycles. The minimum atomic E-state index is -4.73. The number of likely N-dealkylation sites (tertiary alicyclic amines) is 1. The summed E-state index contributed by atoms with van der Waals surface area (Å²) >= 11 is 0.716. The van der Waals surface area contributed by atoms with E-state index in [1.807, 2.05) is 13.8 Å². The molecule has 3 N–H and O–H groups in total. The standard InChI is InChI=1S/C26H34F3N5O3S/c1-5-18(15-8-9-15)32-19-11-17(26(27,28)29)16(12-30-19)21-20(24(36)34-10-6-7-14(34)2)33-23(38-21)22(35)31-13-25(3,4)37/h11-12,14-15,18,37H,5-10,13H2,1-4H3,(H,30,32)(H,31,35)/t14?,18-/m1/s1. The first kappa shape index (κ1) is 28.3. The van der Waals surface area contributed by atoms with Crippen LogP contribution in [0, 0.1) is 5.92 Å². The van der Waals surface area contributed by atoms with Crippen LogP contribution in [0.15, 0.2) is 12.3 Å². The molecule has 8 nitrogen and oxygen atoms in total. The van der Waals surface area contributed by atoms with Crippen LogP contribution in [0.25, 0.3) is 10.4 Å². The van der Waals surface area contributed by atoms with Gasteiger partial charge in [0.2, 0.25) is 0 Å². The molecule has 0 aromatic carbocycles. The van der Waals surface area contributed by atoms with Gasteiger partial charge in [0.25, 0.3) is 11.8 Å². The van der Waals surface area contributed by atoms with E-state index in [1.54, 1.807) is 4.90 Å². The number of alkyl halides is 3. The van der Waals surface area contributed by atoms with Crippen molar-refractivity contribution in [1.82, 2.24) is 20.2 Å². The Hall–Kier alpha value is -2.73. The smallest absolute Gasteiger partial charge is 0.389 e. The molecule has 2 fully saturated rings. The lowest BCUT2D eigenvalue weighted by molar-refractivity contribution is -0.137. The summed E-state index contributed by atoms with van der Waals surface area (Å²) in [5, 5.41) is 15.5.